The van der Waals surface area contributed by atoms with Gasteiger partial charge < -0.3 is 19.9 Å². The first-order chi connectivity index (χ1) is 14.7. The van der Waals surface area contributed by atoms with Gasteiger partial charge in [0.05, 0.1) is 26.0 Å². The lowest BCUT2D eigenvalue weighted by molar-refractivity contribution is 0.0751. The van der Waals surface area contributed by atoms with Crippen molar-refractivity contribution in [2.24, 2.45) is 10.8 Å². The highest BCUT2D eigenvalue weighted by atomic mass is 16.5. The Morgan fingerprint density at radius 3 is 2.63 bits per heavy atom. The second-order valence-electron chi connectivity index (χ2n) is 6.89. The fraction of sp³-hybridized carbons (Fsp3) is 0.391. The Labute approximate surface area is 177 Å². The standard InChI is InChI=1S/C23H29N3O4/c1-3-29-22-16-18(9-12-21(22)28-2)20-6-4-14-26(25-20)23(27)17-7-10-19(11-8-17)30-15-5-13-24/h7-12,16H,3-6,13-15,24H2,1-2H3. The SMILES string of the molecule is CCOc1cc(C2=NN(C(=O)c3ccc(OCCCN)cc3)CCC2)ccc1OC. The zero-order chi connectivity index (χ0) is 21.3. The van der Waals surface area contributed by atoms with Gasteiger partial charge in [0.1, 0.15) is 5.75 Å². The number of nitrogens with zero attached hydrogens (tertiary/aromatic N) is 2. The largest absolute Gasteiger partial charge is 0.494 e. The number of benzene rings is 2. The van der Waals surface area contributed by atoms with Gasteiger partial charge in [0.25, 0.3) is 5.91 Å². The van der Waals surface area contributed by atoms with Gasteiger partial charge in [-0.1, -0.05) is 0 Å². The number of hydrazone groups is 1. The van der Waals surface area contributed by atoms with Crippen LogP contribution < -0.4 is 19.9 Å². The molecule has 0 aromatic heterocycles. The van der Waals surface area contributed by atoms with E-state index in [1.807, 2.05) is 25.1 Å². The van der Waals surface area contributed by atoms with Crippen LogP contribution in [0.5, 0.6) is 17.2 Å². The van der Waals surface area contributed by atoms with Crippen molar-refractivity contribution in [2.45, 2.75) is 26.2 Å². The number of carbonyl (C=O) groups excluding carboxylic acids is 1. The molecule has 7 heteroatoms. The molecule has 0 atom stereocenters. The molecule has 1 aliphatic rings. The normalized spacial score (nSPS) is 13.6. The number of carbonyl (C=O) groups is 1. The van der Waals surface area contributed by atoms with Crippen LogP contribution in [0.2, 0.25) is 0 Å². The third kappa shape index (κ3) is 5.30. The molecule has 0 radical (unpaired) electrons. The number of nitrogens with two attached hydrogens (primary N) is 1. The Morgan fingerprint density at radius 2 is 1.93 bits per heavy atom. The molecule has 0 fully saturated rings. The summed E-state index contributed by atoms with van der Waals surface area (Å²) >= 11 is 0. The van der Waals surface area contributed by atoms with Crippen molar-refractivity contribution in [1.82, 2.24) is 5.01 Å². The Morgan fingerprint density at radius 1 is 1.13 bits per heavy atom. The predicted octanol–water partition coefficient (Wildman–Crippen LogP) is 3.46. The minimum Gasteiger partial charge on any atom is -0.494 e. The Hall–Kier alpha value is -3.06. The van der Waals surface area contributed by atoms with E-state index in [1.165, 1.54) is 5.01 Å². The fourth-order valence-electron chi connectivity index (χ4n) is 3.23. The number of hydrogen-bond acceptors (Lipinski definition) is 6. The molecule has 30 heavy (non-hydrogen) atoms. The first kappa shape index (κ1) is 21.6. The molecule has 160 valence electrons. The van der Waals surface area contributed by atoms with Crippen molar-refractivity contribution in [3.63, 3.8) is 0 Å². The molecule has 0 saturated carbocycles. The lowest BCUT2D eigenvalue weighted by atomic mass is 10.0. The molecule has 1 amide bonds. The number of hydrogen-bond donors (Lipinski definition) is 1. The maximum atomic E-state index is 12.9. The van der Waals surface area contributed by atoms with Crippen LogP contribution in [-0.4, -0.2) is 50.0 Å². The molecule has 2 N–H and O–H groups in total. The van der Waals surface area contributed by atoms with E-state index in [4.69, 9.17) is 19.9 Å². The molecular formula is C23H29N3O4. The van der Waals surface area contributed by atoms with Crippen LogP contribution in [0.15, 0.2) is 47.6 Å². The predicted molar refractivity (Wildman–Crippen MR) is 117 cm³/mol. The minimum absolute atomic E-state index is 0.126. The van der Waals surface area contributed by atoms with Crippen LogP contribution in [0.3, 0.4) is 0 Å². The van der Waals surface area contributed by atoms with E-state index >= 15 is 0 Å². The summed E-state index contributed by atoms with van der Waals surface area (Å²) in [6.07, 6.45) is 2.44. The van der Waals surface area contributed by atoms with Crippen molar-refractivity contribution >= 4 is 11.6 Å². The van der Waals surface area contributed by atoms with Crippen LogP contribution in [0.25, 0.3) is 0 Å². The summed E-state index contributed by atoms with van der Waals surface area (Å²) in [6, 6.07) is 12.9. The summed E-state index contributed by atoms with van der Waals surface area (Å²) in [5, 5.41) is 6.16. The molecule has 0 spiro atoms. The van der Waals surface area contributed by atoms with E-state index in [9.17, 15) is 4.79 Å². The molecule has 0 unspecified atom stereocenters. The summed E-state index contributed by atoms with van der Waals surface area (Å²) in [7, 11) is 1.62. The summed E-state index contributed by atoms with van der Waals surface area (Å²) in [5.74, 6) is 1.95. The molecular weight excluding hydrogens is 382 g/mol. The van der Waals surface area contributed by atoms with Gasteiger partial charge in [-0.3, -0.25) is 4.79 Å². The molecule has 3 rings (SSSR count). The quantitative estimate of drug-likeness (QED) is 0.639. The lowest BCUT2D eigenvalue weighted by Crippen LogP contribution is -2.32. The van der Waals surface area contributed by atoms with Crippen molar-refractivity contribution < 1.29 is 19.0 Å². The molecule has 1 aliphatic heterocycles. The molecule has 2 aromatic carbocycles. The van der Waals surface area contributed by atoms with E-state index in [0.717, 1.165) is 36.3 Å². The second kappa shape index (κ2) is 10.6. The summed E-state index contributed by atoms with van der Waals surface area (Å²) in [5.41, 5.74) is 7.85. The van der Waals surface area contributed by atoms with Crippen LogP contribution in [0, 0.1) is 0 Å². The fourth-order valence-corrected chi connectivity index (χ4v) is 3.23. The van der Waals surface area contributed by atoms with Crippen molar-refractivity contribution in [2.75, 3.05) is 33.4 Å². The maximum Gasteiger partial charge on any atom is 0.273 e. The first-order valence-electron chi connectivity index (χ1n) is 10.3. The summed E-state index contributed by atoms with van der Waals surface area (Å²) < 4.78 is 16.6. The van der Waals surface area contributed by atoms with Gasteiger partial charge in [-0.15, -0.1) is 0 Å². The molecule has 7 nitrogen and oxygen atoms in total. The van der Waals surface area contributed by atoms with Crippen LogP contribution in [-0.2, 0) is 0 Å². The Balaban J connectivity index is 1.75. The topological polar surface area (TPSA) is 86.4 Å². The van der Waals surface area contributed by atoms with E-state index in [-0.39, 0.29) is 5.91 Å². The summed E-state index contributed by atoms with van der Waals surface area (Å²) in [4.78, 5) is 12.9. The Kier molecular flexibility index (Phi) is 7.68. The van der Waals surface area contributed by atoms with Gasteiger partial charge in [-0.25, -0.2) is 5.01 Å². The third-order valence-corrected chi connectivity index (χ3v) is 4.77. The molecule has 0 bridgehead atoms. The van der Waals surface area contributed by atoms with Gasteiger partial charge in [-0.2, -0.15) is 5.10 Å². The lowest BCUT2D eigenvalue weighted by Gasteiger charge is -2.24. The van der Waals surface area contributed by atoms with Crippen LogP contribution >= 0.6 is 0 Å². The highest BCUT2D eigenvalue weighted by Gasteiger charge is 2.21. The third-order valence-electron chi connectivity index (χ3n) is 4.77. The van der Waals surface area contributed by atoms with Crippen LogP contribution in [0.1, 0.15) is 42.1 Å². The highest BCUT2D eigenvalue weighted by molar-refractivity contribution is 6.03. The maximum absolute atomic E-state index is 12.9. The smallest absolute Gasteiger partial charge is 0.273 e. The number of ether oxygens (including phenoxy) is 3. The van der Waals surface area contributed by atoms with E-state index in [1.54, 1.807) is 31.4 Å². The second-order valence-corrected chi connectivity index (χ2v) is 6.89. The monoisotopic (exact) mass is 411 g/mol. The van der Waals surface area contributed by atoms with Gasteiger partial charge in [-0.05, 0) is 75.2 Å². The molecule has 0 aliphatic carbocycles. The van der Waals surface area contributed by atoms with Gasteiger partial charge in [0.2, 0.25) is 0 Å². The Bertz CT molecular complexity index is 881. The number of rotatable bonds is 9. The van der Waals surface area contributed by atoms with E-state index in [0.29, 0.717) is 43.4 Å². The molecule has 2 aromatic rings. The van der Waals surface area contributed by atoms with E-state index in [2.05, 4.69) is 5.10 Å². The van der Waals surface area contributed by atoms with E-state index < -0.39 is 0 Å². The summed E-state index contributed by atoms with van der Waals surface area (Å²) in [6.45, 7) is 4.22. The highest BCUT2D eigenvalue weighted by Crippen LogP contribution is 2.29. The minimum atomic E-state index is -0.126. The zero-order valence-corrected chi connectivity index (χ0v) is 17.6. The zero-order valence-electron chi connectivity index (χ0n) is 17.6. The van der Waals surface area contributed by atoms with Crippen molar-refractivity contribution in [3.8, 4) is 17.2 Å². The number of methoxy groups -OCH3 is 1. The number of amides is 1. The van der Waals surface area contributed by atoms with Gasteiger partial charge in [0.15, 0.2) is 11.5 Å². The first-order valence-corrected chi connectivity index (χ1v) is 10.3. The average molecular weight is 412 g/mol. The average Bonchev–Trinajstić information content (AvgIpc) is 2.79. The van der Waals surface area contributed by atoms with Crippen molar-refractivity contribution in [3.05, 3.63) is 53.6 Å². The molecule has 1 heterocycles. The van der Waals surface area contributed by atoms with Crippen LogP contribution in [0.4, 0.5) is 0 Å². The molecule has 0 saturated heterocycles. The van der Waals surface area contributed by atoms with Gasteiger partial charge in [0, 0.05) is 17.7 Å². The van der Waals surface area contributed by atoms with Crippen molar-refractivity contribution in [1.29, 1.82) is 0 Å². The van der Waals surface area contributed by atoms with Gasteiger partial charge >= 0.3 is 0 Å².